The zero-order valence-corrected chi connectivity index (χ0v) is 17.7. The summed E-state index contributed by atoms with van der Waals surface area (Å²) in [6.07, 6.45) is -0.764. The highest BCUT2D eigenvalue weighted by molar-refractivity contribution is 6.30. The van der Waals surface area contributed by atoms with Crippen molar-refractivity contribution in [2.45, 2.75) is 26.6 Å². The van der Waals surface area contributed by atoms with Crippen LogP contribution in [0.3, 0.4) is 0 Å². The Hall–Kier alpha value is -2.80. The van der Waals surface area contributed by atoms with Crippen molar-refractivity contribution < 1.29 is 19.4 Å². The summed E-state index contributed by atoms with van der Waals surface area (Å²) in [7, 11) is 0. The number of nitrogens with zero attached hydrogens (tertiary/aromatic N) is 1. The van der Waals surface area contributed by atoms with Crippen LogP contribution < -0.4 is 10.2 Å². The van der Waals surface area contributed by atoms with Crippen LogP contribution in [0.5, 0.6) is 5.75 Å². The Morgan fingerprint density at radius 3 is 2.27 bits per heavy atom. The van der Waals surface area contributed by atoms with E-state index >= 15 is 0 Å². The van der Waals surface area contributed by atoms with Crippen molar-refractivity contribution >= 4 is 17.5 Å². The lowest BCUT2D eigenvalue weighted by atomic mass is 10.2. The van der Waals surface area contributed by atoms with Crippen LogP contribution >= 0.6 is 11.6 Å². The fourth-order valence-electron chi connectivity index (χ4n) is 2.85. The van der Waals surface area contributed by atoms with E-state index in [0.717, 1.165) is 17.0 Å². The van der Waals surface area contributed by atoms with Crippen LogP contribution in [0.2, 0.25) is 5.02 Å². The van der Waals surface area contributed by atoms with Gasteiger partial charge in [0.15, 0.2) is 0 Å². The van der Waals surface area contributed by atoms with E-state index in [1.807, 2.05) is 38.1 Å². The minimum Gasteiger partial charge on any atom is -0.491 e. The minimum absolute atomic E-state index is 0.0912. The maximum Gasteiger partial charge on any atom is 0.270 e. The Balaban J connectivity index is 1.42. The molecule has 0 bridgehead atoms. The number of aliphatic hydroxyl groups is 1. The highest BCUT2D eigenvalue weighted by Crippen LogP contribution is 2.14. The Morgan fingerprint density at radius 2 is 1.63 bits per heavy atom. The van der Waals surface area contributed by atoms with Gasteiger partial charge in [-0.2, -0.15) is 0 Å². The van der Waals surface area contributed by atoms with Gasteiger partial charge in [0.1, 0.15) is 18.5 Å². The normalized spacial score (nSPS) is 11.9. The third-order valence-electron chi connectivity index (χ3n) is 4.54. The number of aryl methyl sites for hydroxylation is 2. The van der Waals surface area contributed by atoms with E-state index in [1.54, 1.807) is 41.1 Å². The van der Waals surface area contributed by atoms with Crippen LogP contribution in [0.25, 0.3) is 0 Å². The zero-order valence-electron chi connectivity index (χ0n) is 17.0. The summed E-state index contributed by atoms with van der Waals surface area (Å²) < 4.78 is 12.8. The number of aliphatic hydroxyl groups excluding tert-OH is 1. The van der Waals surface area contributed by atoms with Crippen LogP contribution in [0.4, 0.5) is 0 Å². The number of nitrogens with one attached hydrogen (secondary N) is 1. The molecule has 3 aromatic rings. The standard InChI is InChI=1S/C23H25ClN2O4/c1-16-3-4-17(2)26(16)25-23(28)19-7-11-22(12-8-19)30-15-21(27)14-29-13-18-5-9-20(24)10-6-18/h3-12,21,27H,13-15H2,1-2H3,(H,25,28). The molecule has 0 aliphatic carbocycles. The molecule has 1 atom stereocenters. The van der Waals surface area contributed by atoms with E-state index in [9.17, 15) is 9.90 Å². The fraction of sp³-hybridized carbons (Fsp3) is 0.261. The number of hydrogen-bond acceptors (Lipinski definition) is 4. The number of amides is 1. The molecule has 1 amide bonds. The van der Waals surface area contributed by atoms with Crippen LogP contribution in [-0.4, -0.2) is 35.0 Å². The number of carbonyl (C=O) groups excluding carboxylic acids is 1. The van der Waals surface area contributed by atoms with E-state index in [2.05, 4.69) is 5.43 Å². The summed E-state index contributed by atoms with van der Waals surface area (Å²) in [6.45, 7) is 4.48. The van der Waals surface area contributed by atoms with Crippen molar-refractivity contribution in [1.82, 2.24) is 4.68 Å². The molecule has 158 valence electrons. The molecule has 30 heavy (non-hydrogen) atoms. The first-order valence-electron chi connectivity index (χ1n) is 9.62. The Kier molecular flexibility index (Phi) is 7.52. The molecule has 0 aliphatic heterocycles. The van der Waals surface area contributed by atoms with Gasteiger partial charge in [0, 0.05) is 22.0 Å². The van der Waals surface area contributed by atoms with E-state index < -0.39 is 6.10 Å². The van der Waals surface area contributed by atoms with Gasteiger partial charge < -0.3 is 14.6 Å². The van der Waals surface area contributed by atoms with Gasteiger partial charge in [-0.3, -0.25) is 14.9 Å². The predicted molar refractivity (Wildman–Crippen MR) is 117 cm³/mol. The molecule has 1 heterocycles. The highest BCUT2D eigenvalue weighted by Gasteiger charge is 2.10. The van der Waals surface area contributed by atoms with Crippen molar-refractivity contribution in [1.29, 1.82) is 0 Å². The number of aromatic nitrogens is 1. The van der Waals surface area contributed by atoms with Gasteiger partial charge in [-0.25, -0.2) is 0 Å². The van der Waals surface area contributed by atoms with Gasteiger partial charge in [-0.15, -0.1) is 0 Å². The van der Waals surface area contributed by atoms with Gasteiger partial charge >= 0.3 is 0 Å². The second kappa shape index (κ2) is 10.3. The number of rotatable bonds is 9. The lowest BCUT2D eigenvalue weighted by Gasteiger charge is -2.14. The topological polar surface area (TPSA) is 72.7 Å². The van der Waals surface area contributed by atoms with Crippen LogP contribution in [-0.2, 0) is 11.3 Å². The summed E-state index contributed by atoms with van der Waals surface area (Å²) in [5.41, 5.74) is 6.25. The minimum atomic E-state index is -0.764. The Bertz CT molecular complexity index is 948. The van der Waals surface area contributed by atoms with E-state index in [-0.39, 0.29) is 19.1 Å². The largest absolute Gasteiger partial charge is 0.491 e. The van der Waals surface area contributed by atoms with Crippen molar-refractivity contribution in [2.24, 2.45) is 0 Å². The predicted octanol–water partition coefficient (Wildman–Crippen LogP) is 4.10. The maximum atomic E-state index is 12.4. The fourth-order valence-corrected chi connectivity index (χ4v) is 2.97. The lowest BCUT2D eigenvalue weighted by molar-refractivity contribution is 0.00549. The summed E-state index contributed by atoms with van der Waals surface area (Å²) >= 11 is 5.85. The molecule has 0 aliphatic rings. The molecule has 0 saturated heterocycles. The van der Waals surface area contributed by atoms with Gasteiger partial charge in [-0.05, 0) is 67.9 Å². The van der Waals surface area contributed by atoms with E-state index in [0.29, 0.717) is 22.9 Å². The molecular formula is C23H25ClN2O4. The van der Waals surface area contributed by atoms with Crippen LogP contribution in [0.1, 0.15) is 27.3 Å². The third kappa shape index (κ3) is 6.10. The summed E-state index contributed by atoms with van der Waals surface area (Å²) in [6, 6.07) is 18.0. The Morgan fingerprint density at radius 1 is 1.00 bits per heavy atom. The highest BCUT2D eigenvalue weighted by atomic mass is 35.5. The third-order valence-corrected chi connectivity index (χ3v) is 4.79. The van der Waals surface area contributed by atoms with Crippen LogP contribution in [0.15, 0.2) is 60.7 Å². The van der Waals surface area contributed by atoms with Gasteiger partial charge in [0.05, 0.1) is 13.2 Å². The van der Waals surface area contributed by atoms with Crippen molar-refractivity contribution in [3.8, 4) is 5.75 Å². The molecule has 6 nitrogen and oxygen atoms in total. The Labute approximate surface area is 181 Å². The molecular weight excluding hydrogens is 404 g/mol. The maximum absolute atomic E-state index is 12.4. The first kappa shape index (κ1) is 21.9. The number of ether oxygens (including phenoxy) is 2. The number of carbonyl (C=O) groups is 1. The summed E-state index contributed by atoms with van der Waals surface area (Å²) in [5.74, 6) is 0.358. The molecule has 0 saturated carbocycles. The zero-order chi connectivity index (χ0) is 21.5. The van der Waals surface area contributed by atoms with Crippen LogP contribution in [0, 0.1) is 13.8 Å². The molecule has 0 radical (unpaired) electrons. The summed E-state index contributed by atoms with van der Waals surface area (Å²) in [5, 5.41) is 10.7. The molecule has 0 fully saturated rings. The first-order valence-corrected chi connectivity index (χ1v) is 9.99. The van der Waals surface area contributed by atoms with Gasteiger partial charge in [0.2, 0.25) is 0 Å². The molecule has 1 aromatic heterocycles. The number of benzene rings is 2. The van der Waals surface area contributed by atoms with Crippen molar-refractivity contribution in [3.05, 3.63) is 88.2 Å². The van der Waals surface area contributed by atoms with Gasteiger partial charge in [0.25, 0.3) is 5.91 Å². The first-order chi connectivity index (χ1) is 14.4. The smallest absolute Gasteiger partial charge is 0.270 e. The quantitative estimate of drug-likeness (QED) is 0.538. The number of halogens is 1. The van der Waals surface area contributed by atoms with E-state index in [4.69, 9.17) is 21.1 Å². The molecule has 7 heteroatoms. The van der Waals surface area contributed by atoms with Gasteiger partial charge in [-0.1, -0.05) is 23.7 Å². The summed E-state index contributed by atoms with van der Waals surface area (Å²) in [4.78, 5) is 12.4. The monoisotopic (exact) mass is 428 g/mol. The average molecular weight is 429 g/mol. The second-order valence-electron chi connectivity index (χ2n) is 7.02. The van der Waals surface area contributed by atoms with Crippen molar-refractivity contribution in [3.63, 3.8) is 0 Å². The SMILES string of the molecule is Cc1ccc(C)n1NC(=O)c1ccc(OCC(O)COCc2ccc(Cl)cc2)cc1. The second-order valence-corrected chi connectivity index (χ2v) is 7.46. The average Bonchev–Trinajstić information content (AvgIpc) is 3.06. The van der Waals surface area contributed by atoms with E-state index in [1.165, 1.54) is 0 Å². The van der Waals surface area contributed by atoms with Crippen molar-refractivity contribution in [2.75, 3.05) is 18.6 Å². The number of hydrogen-bond donors (Lipinski definition) is 2. The molecule has 2 aromatic carbocycles. The molecule has 2 N–H and O–H groups in total. The molecule has 0 spiro atoms. The molecule has 3 rings (SSSR count). The lowest BCUT2D eigenvalue weighted by Crippen LogP contribution is -2.25. The molecule has 1 unspecified atom stereocenters.